The van der Waals surface area contributed by atoms with Gasteiger partial charge in [-0.05, 0) is 37.3 Å². The van der Waals surface area contributed by atoms with E-state index in [1.165, 1.54) is 19.1 Å². The summed E-state index contributed by atoms with van der Waals surface area (Å²) in [5.41, 5.74) is -0.792. The number of nitrogens with zero attached hydrogens (tertiary/aromatic N) is 2. The Hall–Kier alpha value is -1.96. The molecule has 2 rings (SSSR count). The van der Waals surface area contributed by atoms with Crippen LogP contribution in [0.25, 0.3) is 0 Å². The first-order valence-electron chi connectivity index (χ1n) is 6.14. The highest BCUT2D eigenvalue weighted by atomic mass is 32.2. The first-order valence-corrected chi connectivity index (χ1v) is 7.02. The third kappa shape index (κ3) is 4.03. The molecule has 1 heterocycles. The minimum Gasteiger partial charge on any atom is -0.293 e. The maximum absolute atomic E-state index is 12.8. The molecule has 1 unspecified atom stereocenters. The number of ketones is 1. The van der Waals surface area contributed by atoms with E-state index in [0.717, 1.165) is 36.2 Å². The molecule has 1 aromatic heterocycles. The van der Waals surface area contributed by atoms with Gasteiger partial charge in [0.25, 0.3) is 0 Å². The topological polar surface area (TPSA) is 42.9 Å². The predicted molar refractivity (Wildman–Crippen MR) is 73.1 cm³/mol. The predicted octanol–water partition coefficient (Wildman–Crippen LogP) is 4.00. The van der Waals surface area contributed by atoms with Crippen LogP contribution < -0.4 is 0 Å². The van der Waals surface area contributed by atoms with Crippen LogP contribution in [0.5, 0.6) is 0 Å². The summed E-state index contributed by atoms with van der Waals surface area (Å²) < 4.78 is 50.5. The molecule has 1 atom stereocenters. The van der Waals surface area contributed by atoms with Crippen molar-refractivity contribution in [2.45, 2.75) is 23.5 Å². The van der Waals surface area contributed by atoms with Crippen LogP contribution in [0.15, 0.2) is 41.7 Å². The Balaban J connectivity index is 2.13. The summed E-state index contributed by atoms with van der Waals surface area (Å²) >= 11 is 0.815. The van der Waals surface area contributed by atoms with E-state index in [9.17, 15) is 22.4 Å². The highest BCUT2D eigenvalue weighted by Crippen LogP contribution is 2.29. The lowest BCUT2D eigenvalue weighted by molar-refractivity contribution is -0.141. The van der Waals surface area contributed by atoms with Crippen LogP contribution in [0.1, 0.15) is 23.0 Å². The summed E-state index contributed by atoms with van der Waals surface area (Å²) in [4.78, 5) is 19.2. The van der Waals surface area contributed by atoms with Crippen LogP contribution in [-0.4, -0.2) is 21.0 Å². The Morgan fingerprint density at radius 3 is 2.41 bits per heavy atom. The van der Waals surface area contributed by atoms with Crippen molar-refractivity contribution in [2.75, 3.05) is 0 Å². The second-order valence-electron chi connectivity index (χ2n) is 4.35. The molecule has 116 valence electrons. The van der Waals surface area contributed by atoms with Crippen molar-refractivity contribution in [1.82, 2.24) is 9.97 Å². The van der Waals surface area contributed by atoms with Gasteiger partial charge in [-0.1, -0.05) is 11.8 Å². The molecule has 0 saturated heterocycles. The van der Waals surface area contributed by atoms with Gasteiger partial charge in [-0.25, -0.2) is 14.4 Å². The fraction of sp³-hybridized carbons (Fsp3) is 0.214. The molecular weight excluding hydrogens is 320 g/mol. The molecular formula is C14H10F4N2OS. The molecule has 0 N–H and O–H groups in total. The van der Waals surface area contributed by atoms with Gasteiger partial charge in [0.05, 0.1) is 5.25 Å². The van der Waals surface area contributed by atoms with Crippen LogP contribution in [0.4, 0.5) is 17.6 Å². The minimum atomic E-state index is -4.57. The molecule has 0 aliphatic heterocycles. The number of alkyl halides is 3. The largest absolute Gasteiger partial charge is 0.433 e. The number of benzene rings is 1. The molecule has 1 aromatic carbocycles. The number of rotatable bonds is 4. The van der Waals surface area contributed by atoms with E-state index >= 15 is 0 Å². The van der Waals surface area contributed by atoms with Crippen LogP contribution in [0, 0.1) is 5.82 Å². The number of thioether (sulfide) groups is 1. The number of carbonyl (C=O) groups excluding carboxylic acids is 1. The number of aromatic nitrogens is 2. The highest BCUT2D eigenvalue weighted by Gasteiger charge is 2.33. The monoisotopic (exact) mass is 330 g/mol. The Kier molecular flexibility index (Phi) is 4.80. The molecule has 22 heavy (non-hydrogen) atoms. The van der Waals surface area contributed by atoms with Gasteiger partial charge in [-0.15, -0.1) is 0 Å². The molecule has 0 aliphatic rings. The Morgan fingerprint density at radius 2 is 1.82 bits per heavy atom. The van der Waals surface area contributed by atoms with Crippen molar-refractivity contribution in [3.8, 4) is 0 Å². The van der Waals surface area contributed by atoms with Crippen molar-refractivity contribution in [3.63, 3.8) is 0 Å². The van der Waals surface area contributed by atoms with Crippen molar-refractivity contribution in [3.05, 3.63) is 53.6 Å². The molecule has 0 fully saturated rings. The third-order valence-electron chi connectivity index (χ3n) is 2.70. The highest BCUT2D eigenvalue weighted by molar-refractivity contribution is 8.00. The smallest absolute Gasteiger partial charge is 0.293 e. The van der Waals surface area contributed by atoms with Crippen LogP contribution in [0.3, 0.4) is 0 Å². The number of Topliss-reactive ketones (excluding diaryl/α,β-unsaturated/α-hetero) is 1. The average molecular weight is 330 g/mol. The molecule has 0 saturated carbocycles. The van der Waals surface area contributed by atoms with E-state index in [1.54, 1.807) is 0 Å². The first-order chi connectivity index (χ1) is 10.3. The van der Waals surface area contributed by atoms with Gasteiger partial charge in [0.1, 0.15) is 11.5 Å². The van der Waals surface area contributed by atoms with Gasteiger partial charge in [-0.3, -0.25) is 4.79 Å². The SMILES string of the molecule is CC(Sc1nccc(C(F)(F)F)n1)C(=O)c1ccc(F)cc1. The minimum absolute atomic E-state index is 0.141. The van der Waals surface area contributed by atoms with Gasteiger partial charge in [0, 0.05) is 11.8 Å². The van der Waals surface area contributed by atoms with E-state index in [1.807, 2.05) is 0 Å². The van der Waals surface area contributed by atoms with Gasteiger partial charge in [-0.2, -0.15) is 13.2 Å². The van der Waals surface area contributed by atoms with Crippen molar-refractivity contribution in [1.29, 1.82) is 0 Å². The number of halogens is 4. The van der Waals surface area contributed by atoms with Crippen LogP contribution in [-0.2, 0) is 6.18 Å². The normalized spacial score (nSPS) is 13.0. The van der Waals surface area contributed by atoms with Gasteiger partial charge >= 0.3 is 6.18 Å². The molecule has 0 bridgehead atoms. The summed E-state index contributed by atoms with van der Waals surface area (Å²) in [6, 6.07) is 5.69. The van der Waals surface area contributed by atoms with E-state index in [4.69, 9.17) is 0 Å². The van der Waals surface area contributed by atoms with E-state index in [2.05, 4.69) is 9.97 Å². The molecule has 0 spiro atoms. The fourth-order valence-corrected chi connectivity index (χ4v) is 2.45. The third-order valence-corrected chi connectivity index (χ3v) is 3.68. The second kappa shape index (κ2) is 6.43. The number of hydrogen-bond acceptors (Lipinski definition) is 4. The summed E-state index contributed by atoms with van der Waals surface area (Å²) in [7, 11) is 0. The molecule has 2 aromatic rings. The molecule has 8 heteroatoms. The maximum Gasteiger partial charge on any atom is 0.433 e. The van der Waals surface area contributed by atoms with Gasteiger partial charge in [0.2, 0.25) is 0 Å². The number of carbonyl (C=O) groups is 1. The molecule has 3 nitrogen and oxygen atoms in total. The van der Waals surface area contributed by atoms with Crippen molar-refractivity contribution < 1.29 is 22.4 Å². The van der Waals surface area contributed by atoms with E-state index in [-0.39, 0.29) is 16.5 Å². The summed E-state index contributed by atoms with van der Waals surface area (Å²) in [6.07, 6.45) is -3.57. The molecule has 0 amide bonds. The standard InChI is InChI=1S/C14H10F4N2OS/c1-8(12(21)9-2-4-10(15)5-3-9)22-13-19-7-6-11(20-13)14(16,17)18/h2-8H,1H3. The Morgan fingerprint density at radius 1 is 1.18 bits per heavy atom. The summed E-state index contributed by atoms with van der Waals surface area (Å²) in [5, 5.41) is -0.841. The van der Waals surface area contributed by atoms with E-state index in [0.29, 0.717) is 0 Å². The maximum atomic E-state index is 12.8. The molecule has 0 radical (unpaired) electrons. The Labute approximate surface area is 127 Å². The van der Waals surface area contributed by atoms with Crippen LogP contribution >= 0.6 is 11.8 Å². The zero-order chi connectivity index (χ0) is 16.3. The first kappa shape index (κ1) is 16.4. The van der Waals surface area contributed by atoms with Crippen molar-refractivity contribution >= 4 is 17.5 Å². The van der Waals surface area contributed by atoms with E-state index < -0.39 is 22.9 Å². The van der Waals surface area contributed by atoms with Crippen LogP contribution in [0.2, 0.25) is 0 Å². The van der Waals surface area contributed by atoms with Crippen molar-refractivity contribution in [2.24, 2.45) is 0 Å². The zero-order valence-corrected chi connectivity index (χ0v) is 12.1. The molecule has 0 aliphatic carbocycles. The lowest BCUT2D eigenvalue weighted by Crippen LogP contribution is -2.15. The zero-order valence-electron chi connectivity index (χ0n) is 11.3. The quantitative estimate of drug-likeness (QED) is 0.368. The lowest BCUT2D eigenvalue weighted by Gasteiger charge is -2.10. The summed E-state index contributed by atoms with van der Waals surface area (Å²) in [5.74, 6) is -0.816. The average Bonchev–Trinajstić information content (AvgIpc) is 2.46. The van der Waals surface area contributed by atoms with Gasteiger partial charge < -0.3 is 0 Å². The van der Waals surface area contributed by atoms with Gasteiger partial charge in [0.15, 0.2) is 10.9 Å². The number of hydrogen-bond donors (Lipinski definition) is 0. The summed E-state index contributed by atoms with van der Waals surface area (Å²) in [6.45, 7) is 1.53. The Bertz CT molecular complexity index is 673. The lowest BCUT2D eigenvalue weighted by atomic mass is 10.1. The fourth-order valence-electron chi connectivity index (χ4n) is 1.62. The second-order valence-corrected chi connectivity index (χ2v) is 5.66.